The highest BCUT2D eigenvalue weighted by Crippen LogP contribution is 2.36. The van der Waals surface area contributed by atoms with Gasteiger partial charge in [-0.15, -0.1) is 11.6 Å². The predicted molar refractivity (Wildman–Crippen MR) is 80.1 cm³/mol. The van der Waals surface area contributed by atoms with Gasteiger partial charge in [0.1, 0.15) is 0 Å². The monoisotopic (exact) mass is 285 g/mol. The lowest BCUT2D eigenvalue weighted by Crippen LogP contribution is -2.07. The third-order valence-corrected chi connectivity index (χ3v) is 2.54. The minimum Gasteiger partial charge on any atom is -0.493 e. The quantitative estimate of drug-likeness (QED) is 0.275. The summed E-state index contributed by atoms with van der Waals surface area (Å²) in [6.07, 6.45) is 2.45. The first kappa shape index (κ1) is 15.4. The van der Waals surface area contributed by atoms with E-state index in [1.807, 2.05) is 19.0 Å². The molecule has 0 saturated heterocycles. The van der Waals surface area contributed by atoms with Crippen molar-refractivity contribution in [2.24, 2.45) is 4.99 Å². The van der Waals surface area contributed by atoms with Gasteiger partial charge in [-0.25, -0.2) is 4.99 Å². The third kappa shape index (κ3) is 4.87. The first-order valence-corrected chi connectivity index (χ1v) is 6.48. The summed E-state index contributed by atoms with van der Waals surface area (Å²) in [5, 5.41) is 0. The van der Waals surface area contributed by atoms with Crippen molar-refractivity contribution < 1.29 is 9.47 Å². The molecule has 1 aromatic rings. The van der Waals surface area contributed by atoms with Crippen molar-refractivity contribution in [3.63, 3.8) is 0 Å². The van der Waals surface area contributed by atoms with Crippen LogP contribution >= 0.6 is 11.6 Å². The van der Waals surface area contributed by atoms with Crippen LogP contribution in [0.25, 0.3) is 0 Å². The third-order valence-electron chi connectivity index (χ3n) is 2.28. The Morgan fingerprint density at radius 3 is 2.68 bits per heavy atom. The van der Waals surface area contributed by atoms with Crippen LogP contribution in [-0.4, -0.2) is 44.9 Å². The second kappa shape index (κ2) is 7.74. The maximum Gasteiger partial charge on any atom is 0.163 e. The van der Waals surface area contributed by atoms with Crippen molar-refractivity contribution in [3.05, 3.63) is 12.1 Å². The first-order valence-electron chi connectivity index (χ1n) is 5.95. The van der Waals surface area contributed by atoms with Crippen LogP contribution in [0.2, 0.25) is 0 Å². The number of hydrogen-bond donors (Lipinski definition) is 1. The van der Waals surface area contributed by atoms with Crippen molar-refractivity contribution in [2.45, 2.75) is 6.42 Å². The van der Waals surface area contributed by atoms with E-state index in [4.69, 9.17) is 26.8 Å². The van der Waals surface area contributed by atoms with Crippen LogP contribution < -0.4 is 15.2 Å². The minimum atomic E-state index is 0.528. The number of halogens is 1. The molecule has 0 atom stereocenters. The number of ether oxygens (including phenoxy) is 2. The van der Waals surface area contributed by atoms with Gasteiger partial charge < -0.3 is 20.1 Å². The normalized spacial score (nSPS) is 10.7. The number of anilines is 1. The van der Waals surface area contributed by atoms with Gasteiger partial charge in [-0.05, 0) is 6.42 Å². The van der Waals surface area contributed by atoms with Crippen LogP contribution in [0.4, 0.5) is 11.4 Å². The van der Waals surface area contributed by atoms with Crippen molar-refractivity contribution in [3.8, 4) is 11.5 Å². The Bertz CT molecular complexity index is 436. The highest BCUT2D eigenvalue weighted by Gasteiger charge is 2.09. The topological polar surface area (TPSA) is 60.1 Å². The molecule has 2 N–H and O–H groups in total. The molecule has 0 unspecified atom stereocenters. The Morgan fingerprint density at radius 1 is 1.37 bits per heavy atom. The molecule has 0 aromatic heterocycles. The smallest absolute Gasteiger partial charge is 0.163 e. The lowest BCUT2D eigenvalue weighted by molar-refractivity contribution is 0.295. The lowest BCUT2D eigenvalue weighted by Gasteiger charge is -2.13. The molecule has 0 spiro atoms. The van der Waals surface area contributed by atoms with Gasteiger partial charge in [0.2, 0.25) is 0 Å². The molecule has 0 amide bonds. The van der Waals surface area contributed by atoms with Gasteiger partial charge in [0, 0.05) is 32.1 Å². The SMILES string of the molecule is COc1cc(N)c(/N=C/N(C)C)cc1OCCCCl. The van der Waals surface area contributed by atoms with Crippen molar-refractivity contribution in [1.29, 1.82) is 0 Å². The van der Waals surface area contributed by atoms with Gasteiger partial charge in [0.15, 0.2) is 11.5 Å². The van der Waals surface area contributed by atoms with Crippen LogP contribution in [-0.2, 0) is 0 Å². The van der Waals surface area contributed by atoms with E-state index < -0.39 is 0 Å². The number of rotatable bonds is 7. The van der Waals surface area contributed by atoms with Gasteiger partial charge >= 0.3 is 0 Å². The van der Waals surface area contributed by atoms with Gasteiger partial charge in [-0.1, -0.05) is 0 Å². The molecule has 0 aliphatic carbocycles. The van der Waals surface area contributed by atoms with E-state index >= 15 is 0 Å². The second-order valence-electron chi connectivity index (χ2n) is 4.16. The highest BCUT2D eigenvalue weighted by molar-refractivity contribution is 6.17. The summed E-state index contributed by atoms with van der Waals surface area (Å²) < 4.78 is 10.9. The summed E-state index contributed by atoms with van der Waals surface area (Å²) in [5.41, 5.74) is 7.11. The Hall–Kier alpha value is -1.62. The van der Waals surface area contributed by atoms with Crippen molar-refractivity contribution in [1.82, 2.24) is 4.90 Å². The van der Waals surface area contributed by atoms with E-state index in [1.54, 1.807) is 25.6 Å². The fourth-order valence-corrected chi connectivity index (χ4v) is 1.47. The number of methoxy groups -OCH3 is 1. The zero-order valence-corrected chi connectivity index (χ0v) is 12.3. The number of benzene rings is 1. The molecule has 19 heavy (non-hydrogen) atoms. The average Bonchev–Trinajstić information content (AvgIpc) is 2.38. The number of aliphatic imine (C=N–C) groups is 1. The summed E-state index contributed by atoms with van der Waals surface area (Å²) >= 11 is 5.62. The minimum absolute atomic E-state index is 0.528. The molecule has 1 aromatic carbocycles. The molecule has 0 fully saturated rings. The van der Waals surface area contributed by atoms with E-state index in [-0.39, 0.29) is 0 Å². The molecule has 5 nitrogen and oxygen atoms in total. The number of nitrogen functional groups attached to an aromatic ring is 1. The molecule has 0 aliphatic rings. The van der Waals surface area contributed by atoms with Crippen LogP contribution in [0.15, 0.2) is 17.1 Å². The summed E-state index contributed by atoms with van der Waals surface area (Å²) in [7, 11) is 5.36. The maximum absolute atomic E-state index is 5.92. The highest BCUT2D eigenvalue weighted by atomic mass is 35.5. The predicted octanol–water partition coefficient (Wildman–Crippen LogP) is 2.51. The Balaban J connectivity index is 2.96. The fraction of sp³-hybridized carbons (Fsp3) is 0.462. The Morgan fingerprint density at radius 2 is 2.11 bits per heavy atom. The van der Waals surface area contributed by atoms with E-state index in [0.29, 0.717) is 35.4 Å². The second-order valence-corrected chi connectivity index (χ2v) is 4.54. The van der Waals surface area contributed by atoms with Crippen molar-refractivity contribution in [2.75, 3.05) is 39.4 Å². The average molecular weight is 286 g/mol. The summed E-state index contributed by atoms with van der Waals surface area (Å²) in [4.78, 5) is 6.11. The van der Waals surface area contributed by atoms with Crippen LogP contribution in [0.5, 0.6) is 11.5 Å². The molecule has 0 radical (unpaired) electrons. The summed E-state index contributed by atoms with van der Waals surface area (Å²) in [5.74, 6) is 1.77. The van der Waals surface area contributed by atoms with Gasteiger partial charge in [-0.2, -0.15) is 0 Å². The van der Waals surface area contributed by atoms with E-state index in [0.717, 1.165) is 6.42 Å². The molecule has 0 saturated carbocycles. The van der Waals surface area contributed by atoms with E-state index in [9.17, 15) is 0 Å². The molecule has 0 heterocycles. The van der Waals surface area contributed by atoms with E-state index in [2.05, 4.69) is 4.99 Å². The fourth-order valence-electron chi connectivity index (χ4n) is 1.36. The molecule has 106 valence electrons. The zero-order valence-electron chi connectivity index (χ0n) is 11.5. The number of hydrogen-bond acceptors (Lipinski definition) is 4. The molecule has 0 bridgehead atoms. The lowest BCUT2D eigenvalue weighted by atomic mass is 10.2. The Labute approximate surface area is 119 Å². The maximum atomic E-state index is 5.92. The zero-order chi connectivity index (χ0) is 14.3. The summed E-state index contributed by atoms with van der Waals surface area (Å²) in [6.45, 7) is 0.528. The standard InChI is InChI=1S/C13H20ClN3O2/c1-17(2)9-16-11-8-13(19-6-4-5-14)12(18-3)7-10(11)15/h7-9H,4-6,15H2,1-3H3/b16-9+. The number of alkyl halides is 1. The van der Waals surface area contributed by atoms with E-state index in [1.165, 1.54) is 0 Å². The number of nitrogens with two attached hydrogens (primary N) is 1. The first-order chi connectivity index (χ1) is 9.08. The van der Waals surface area contributed by atoms with Gasteiger partial charge in [0.25, 0.3) is 0 Å². The Kier molecular flexibility index (Phi) is 6.29. The van der Waals surface area contributed by atoms with Crippen molar-refractivity contribution >= 4 is 29.3 Å². The largest absolute Gasteiger partial charge is 0.493 e. The molecule has 6 heteroatoms. The molecule has 0 aliphatic heterocycles. The summed E-state index contributed by atoms with van der Waals surface area (Å²) in [6, 6.07) is 3.47. The molecule has 1 rings (SSSR count). The van der Waals surface area contributed by atoms with Crippen LogP contribution in [0.3, 0.4) is 0 Å². The van der Waals surface area contributed by atoms with Crippen LogP contribution in [0.1, 0.15) is 6.42 Å². The molecular formula is C13H20ClN3O2. The van der Waals surface area contributed by atoms with Gasteiger partial charge in [-0.3, -0.25) is 0 Å². The van der Waals surface area contributed by atoms with Crippen LogP contribution in [0, 0.1) is 0 Å². The van der Waals surface area contributed by atoms with Gasteiger partial charge in [0.05, 0.1) is 31.4 Å². The molecular weight excluding hydrogens is 266 g/mol. The number of nitrogens with zero attached hydrogens (tertiary/aromatic N) is 2.